The number of halogens is 3. The van der Waals surface area contributed by atoms with Crippen LogP contribution in [0.1, 0.15) is 51.6 Å². The second-order valence-electron chi connectivity index (χ2n) is 10.6. The number of furan rings is 1. The van der Waals surface area contributed by atoms with E-state index in [-0.39, 0.29) is 36.7 Å². The summed E-state index contributed by atoms with van der Waals surface area (Å²) in [6.07, 6.45) is 2.32. The third-order valence-electron chi connectivity index (χ3n) is 7.55. The highest BCUT2D eigenvalue weighted by atomic mass is 79.9. The minimum Gasteiger partial charge on any atom is -0.755 e. The van der Waals surface area contributed by atoms with E-state index < -0.39 is 23.0 Å². The van der Waals surface area contributed by atoms with E-state index in [1.165, 1.54) is 34.6 Å². The zero-order valence-corrected chi connectivity index (χ0v) is 25.6. The van der Waals surface area contributed by atoms with Gasteiger partial charge in [-0.3, -0.25) is 9.00 Å². The molecule has 1 saturated carbocycles. The summed E-state index contributed by atoms with van der Waals surface area (Å²) in [5, 5.41) is 0.529. The van der Waals surface area contributed by atoms with Crippen molar-refractivity contribution in [3.8, 4) is 11.5 Å². The van der Waals surface area contributed by atoms with Gasteiger partial charge in [0, 0.05) is 35.7 Å². The van der Waals surface area contributed by atoms with Gasteiger partial charge in [0.2, 0.25) is 0 Å². The monoisotopic (exact) mass is 679 g/mol. The lowest BCUT2D eigenvalue weighted by Gasteiger charge is -2.28. The Hall–Kier alpha value is -4.06. The van der Waals surface area contributed by atoms with Crippen LogP contribution in [0.25, 0.3) is 11.0 Å². The average Bonchev–Trinajstić information content (AvgIpc) is 3.77. The maximum absolute atomic E-state index is 14.1. The Balaban J connectivity index is 1.30. The second kappa shape index (κ2) is 12.5. The zero-order chi connectivity index (χ0) is 31.0. The van der Waals surface area contributed by atoms with Crippen molar-refractivity contribution < 1.29 is 31.5 Å². The zero-order valence-electron chi connectivity index (χ0n) is 23.2. The number of carbonyl (C=O) groups is 1. The topological polar surface area (TPSA) is 109 Å². The summed E-state index contributed by atoms with van der Waals surface area (Å²) in [6, 6.07) is 21.0. The maximum atomic E-state index is 14.1. The molecule has 1 aliphatic rings. The molecule has 0 spiro atoms. The van der Waals surface area contributed by atoms with Crippen molar-refractivity contribution >= 4 is 49.8 Å². The molecule has 11 heteroatoms. The molecule has 0 bridgehead atoms. The first-order chi connectivity index (χ1) is 21.2. The molecule has 1 aromatic heterocycles. The molecule has 44 heavy (non-hydrogen) atoms. The molecule has 226 valence electrons. The van der Waals surface area contributed by atoms with Gasteiger partial charge in [-0.1, -0.05) is 18.2 Å². The van der Waals surface area contributed by atoms with Gasteiger partial charge in [0.1, 0.15) is 34.5 Å². The van der Waals surface area contributed by atoms with Crippen molar-refractivity contribution in [1.29, 1.82) is 0 Å². The fourth-order valence-corrected chi connectivity index (χ4v) is 6.04. The summed E-state index contributed by atoms with van der Waals surface area (Å²) in [5.41, 5.74) is 9.16. The number of amides is 1. The van der Waals surface area contributed by atoms with E-state index in [4.69, 9.17) is 14.9 Å². The van der Waals surface area contributed by atoms with E-state index in [9.17, 15) is 22.3 Å². The molecule has 1 unspecified atom stereocenters. The van der Waals surface area contributed by atoms with Gasteiger partial charge < -0.3 is 23.7 Å². The number of primary amides is 1. The molecule has 1 amide bonds. The van der Waals surface area contributed by atoms with Crippen LogP contribution < -0.4 is 14.8 Å². The van der Waals surface area contributed by atoms with Crippen molar-refractivity contribution in [2.75, 3.05) is 10.8 Å². The molecule has 7 nitrogen and oxygen atoms in total. The van der Waals surface area contributed by atoms with E-state index in [1.54, 1.807) is 30.3 Å². The first kappa shape index (κ1) is 30.0. The normalized spacial score (nSPS) is 13.6. The summed E-state index contributed by atoms with van der Waals surface area (Å²) >= 11 is 0.517. The number of fused-ring (bicyclic) bond motifs is 1. The number of rotatable bonds is 11. The van der Waals surface area contributed by atoms with Gasteiger partial charge in [-0.2, -0.15) is 0 Å². The fraction of sp³-hybridized carbons (Fsp3) is 0.182. The SMILES string of the molecule is NC(=O)c1c(Cc2ccc(Oc3ccc(F)cc3)cc2)oc2cc(N(CCc3ccc(Br)c(F)c3)S(=O)[O-])c(C3CC3)cc12. The number of hydrogen-bond acceptors (Lipinski definition) is 5. The third kappa shape index (κ3) is 6.54. The number of carbonyl (C=O) groups excluding carboxylic acids is 1. The summed E-state index contributed by atoms with van der Waals surface area (Å²) in [5.74, 6) is 0.117. The molecule has 0 radical (unpaired) electrons. The van der Waals surface area contributed by atoms with Crippen LogP contribution in [0.5, 0.6) is 11.5 Å². The van der Waals surface area contributed by atoms with Gasteiger partial charge in [-0.25, -0.2) is 8.78 Å². The highest BCUT2D eigenvalue weighted by Gasteiger charge is 2.31. The number of hydrogen-bond donors (Lipinski definition) is 1. The van der Waals surface area contributed by atoms with Crippen molar-refractivity contribution in [2.24, 2.45) is 5.73 Å². The Morgan fingerprint density at radius 3 is 2.27 bits per heavy atom. The Morgan fingerprint density at radius 1 is 1.00 bits per heavy atom. The first-order valence-electron chi connectivity index (χ1n) is 13.9. The molecular formula is C33H26BrF2N2O5S-. The van der Waals surface area contributed by atoms with E-state index in [0.717, 1.165) is 24.0 Å². The molecule has 6 rings (SSSR count). The Bertz CT molecular complexity index is 1870. The van der Waals surface area contributed by atoms with Crippen molar-refractivity contribution in [3.05, 3.63) is 123 Å². The molecular weight excluding hydrogens is 654 g/mol. The molecule has 0 aliphatic heterocycles. The van der Waals surface area contributed by atoms with Crippen LogP contribution in [0.2, 0.25) is 0 Å². The lowest BCUT2D eigenvalue weighted by atomic mass is 10.0. The van der Waals surface area contributed by atoms with Gasteiger partial charge in [0.05, 0.1) is 15.7 Å². The molecule has 4 aromatic carbocycles. The summed E-state index contributed by atoms with van der Waals surface area (Å²) in [7, 11) is 0. The molecule has 5 aromatic rings. The number of anilines is 1. The smallest absolute Gasteiger partial charge is 0.252 e. The van der Waals surface area contributed by atoms with Crippen LogP contribution >= 0.6 is 15.9 Å². The predicted octanol–water partition coefficient (Wildman–Crippen LogP) is 7.68. The molecule has 1 heterocycles. The number of benzene rings is 4. The third-order valence-corrected chi connectivity index (χ3v) is 8.93. The molecule has 0 saturated heterocycles. The standard InChI is InChI=1S/C33H27BrF2N2O5S/c34-27-12-3-20(15-28(27)36)13-14-38(44(40)41)29-18-30-26(17-25(29)21-4-5-21)32(33(37)39)31(43-30)16-19-1-8-23(9-2-19)42-24-10-6-22(35)7-11-24/h1-3,6-12,15,17-18,21H,4-5,13-14,16H2,(H2,37,39)(H,40,41)/p-1. The molecule has 1 aliphatic carbocycles. The predicted molar refractivity (Wildman–Crippen MR) is 166 cm³/mol. The van der Waals surface area contributed by atoms with Crippen LogP contribution in [-0.2, 0) is 24.1 Å². The maximum Gasteiger partial charge on any atom is 0.252 e. The highest BCUT2D eigenvalue weighted by Crippen LogP contribution is 2.47. The number of nitrogens with two attached hydrogens (primary N) is 1. The van der Waals surface area contributed by atoms with Crippen LogP contribution in [0, 0.1) is 11.6 Å². The van der Waals surface area contributed by atoms with E-state index in [2.05, 4.69) is 15.9 Å². The van der Waals surface area contributed by atoms with Crippen molar-refractivity contribution in [2.45, 2.75) is 31.6 Å². The highest BCUT2D eigenvalue weighted by molar-refractivity contribution is 9.10. The van der Waals surface area contributed by atoms with Crippen LogP contribution in [0.15, 0.2) is 87.8 Å². The van der Waals surface area contributed by atoms with Gasteiger partial charge in [0.25, 0.3) is 5.91 Å². The molecule has 2 N–H and O–H groups in total. The lowest BCUT2D eigenvalue weighted by Crippen LogP contribution is -2.28. The van der Waals surface area contributed by atoms with Crippen LogP contribution in [0.3, 0.4) is 0 Å². The first-order valence-corrected chi connectivity index (χ1v) is 15.7. The second-order valence-corrected chi connectivity index (χ2v) is 12.4. The Labute approximate surface area is 263 Å². The molecule has 1 fully saturated rings. The van der Waals surface area contributed by atoms with Gasteiger partial charge in [0.15, 0.2) is 0 Å². The summed E-state index contributed by atoms with van der Waals surface area (Å²) in [6.45, 7) is 0.0883. The Kier molecular flexibility index (Phi) is 8.53. The Morgan fingerprint density at radius 2 is 1.66 bits per heavy atom. The van der Waals surface area contributed by atoms with Gasteiger partial charge in [-0.05, 0) is 112 Å². The van der Waals surface area contributed by atoms with Crippen LogP contribution in [0.4, 0.5) is 14.5 Å². The summed E-state index contributed by atoms with van der Waals surface area (Å²) in [4.78, 5) is 12.7. The fourth-order valence-electron chi connectivity index (χ4n) is 5.23. The van der Waals surface area contributed by atoms with E-state index >= 15 is 0 Å². The van der Waals surface area contributed by atoms with E-state index in [1.807, 2.05) is 18.2 Å². The lowest BCUT2D eigenvalue weighted by molar-refractivity contribution is 0.1000. The minimum absolute atomic E-state index is 0.0883. The largest absolute Gasteiger partial charge is 0.755 e. The quantitative estimate of drug-likeness (QED) is 0.144. The number of nitrogens with zero attached hydrogens (tertiary/aromatic N) is 1. The number of ether oxygens (including phenoxy) is 1. The summed E-state index contributed by atoms with van der Waals surface area (Å²) < 4.78 is 65.7. The van der Waals surface area contributed by atoms with Gasteiger partial charge >= 0.3 is 0 Å². The van der Waals surface area contributed by atoms with Crippen molar-refractivity contribution in [1.82, 2.24) is 0 Å². The van der Waals surface area contributed by atoms with Gasteiger partial charge in [-0.15, -0.1) is 0 Å². The average molecular weight is 681 g/mol. The van der Waals surface area contributed by atoms with Crippen LogP contribution in [-0.4, -0.2) is 21.2 Å². The van der Waals surface area contributed by atoms with E-state index in [0.29, 0.717) is 44.0 Å². The minimum atomic E-state index is -2.62. The molecule has 1 atom stereocenters. The van der Waals surface area contributed by atoms with Crippen molar-refractivity contribution in [3.63, 3.8) is 0 Å².